The van der Waals surface area contributed by atoms with Gasteiger partial charge >= 0.3 is 0 Å². The van der Waals surface area contributed by atoms with E-state index in [4.69, 9.17) is 17.3 Å². The number of nitrogens with zero attached hydrogens (tertiary/aromatic N) is 4. The molecule has 2 aliphatic rings. The molecule has 0 saturated heterocycles. The highest BCUT2D eigenvalue weighted by atomic mass is 16.2. The Morgan fingerprint density at radius 3 is 2.67 bits per heavy atom. The van der Waals surface area contributed by atoms with Crippen molar-refractivity contribution in [3.05, 3.63) is 81.8 Å². The Labute approximate surface area is 192 Å². The van der Waals surface area contributed by atoms with Crippen LogP contribution in [0.25, 0.3) is 5.69 Å². The van der Waals surface area contributed by atoms with Crippen molar-refractivity contribution in [3.8, 4) is 24.1 Å². The number of hydrogen-bond acceptors (Lipinski definition) is 5. The summed E-state index contributed by atoms with van der Waals surface area (Å²) >= 11 is 0. The number of para-hydroxylation sites is 1. The van der Waals surface area contributed by atoms with Crippen molar-refractivity contribution >= 4 is 17.4 Å². The van der Waals surface area contributed by atoms with E-state index in [1.807, 2.05) is 63.2 Å². The number of nitrogens with one attached hydrogen (secondary N) is 1. The van der Waals surface area contributed by atoms with Crippen molar-refractivity contribution in [1.29, 1.82) is 5.26 Å². The van der Waals surface area contributed by atoms with E-state index in [9.17, 15) is 10.1 Å². The first-order chi connectivity index (χ1) is 15.9. The molecule has 3 heterocycles. The number of aryl methyl sites for hydroxylation is 3. The normalized spacial score (nSPS) is 18.6. The number of rotatable bonds is 2. The number of aromatic nitrogens is 2. The van der Waals surface area contributed by atoms with Crippen molar-refractivity contribution in [1.82, 2.24) is 9.78 Å². The number of amides is 1. The summed E-state index contributed by atoms with van der Waals surface area (Å²) in [6.45, 7) is 5.95. The predicted octanol–water partition coefficient (Wildman–Crippen LogP) is 3.18. The van der Waals surface area contributed by atoms with Crippen LogP contribution < -0.4 is 16.0 Å². The van der Waals surface area contributed by atoms with E-state index in [-0.39, 0.29) is 23.8 Å². The molecule has 1 atom stereocenters. The largest absolute Gasteiger partial charge is 0.384 e. The van der Waals surface area contributed by atoms with Gasteiger partial charge in [-0.25, -0.2) is 4.68 Å². The summed E-state index contributed by atoms with van der Waals surface area (Å²) in [6, 6.07) is 15.7. The molecule has 2 aliphatic heterocycles. The molecule has 1 spiro atoms. The van der Waals surface area contributed by atoms with Gasteiger partial charge in [0.2, 0.25) is 5.91 Å². The van der Waals surface area contributed by atoms with Crippen LogP contribution in [-0.4, -0.2) is 22.2 Å². The molecule has 3 N–H and O–H groups in total. The Morgan fingerprint density at radius 2 is 1.94 bits per heavy atom. The third-order valence-electron chi connectivity index (χ3n) is 6.45. The summed E-state index contributed by atoms with van der Waals surface area (Å²) in [5.74, 6) is 2.97. The monoisotopic (exact) mass is 434 g/mol. The summed E-state index contributed by atoms with van der Waals surface area (Å²) in [5, 5.41) is 18.2. The number of nitriles is 1. The van der Waals surface area contributed by atoms with E-state index in [1.54, 1.807) is 9.58 Å². The first kappa shape index (κ1) is 20.4. The van der Waals surface area contributed by atoms with Gasteiger partial charge in [0.25, 0.3) is 0 Å². The molecule has 0 aliphatic carbocycles. The Hall–Kier alpha value is -4.49. The lowest BCUT2D eigenvalue weighted by Gasteiger charge is -2.34. The van der Waals surface area contributed by atoms with Crippen LogP contribution in [0.1, 0.15) is 27.9 Å². The van der Waals surface area contributed by atoms with E-state index in [2.05, 4.69) is 17.3 Å². The minimum absolute atomic E-state index is 0.0865. The molecule has 0 fully saturated rings. The van der Waals surface area contributed by atoms with Crippen LogP contribution in [0.4, 0.5) is 11.5 Å². The van der Waals surface area contributed by atoms with Gasteiger partial charge in [-0.3, -0.25) is 9.69 Å². The Kier molecular flexibility index (Phi) is 4.34. The molecule has 0 bridgehead atoms. The maximum absolute atomic E-state index is 14.2. The van der Waals surface area contributed by atoms with E-state index in [1.165, 1.54) is 0 Å². The highest BCUT2D eigenvalue weighted by Gasteiger charge is 2.60. The number of terminal acetylenes is 1. The van der Waals surface area contributed by atoms with Gasteiger partial charge in [-0.15, -0.1) is 6.42 Å². The van der Waals surface area contributed by atoms with Crippen LogP contribution >= 0.6 is 0 Å². The van der Waals surface area contributed by atoms with Crippen molar-refractivity contribution < 1.29 is 4.79 Å². The summed E-state index contributed by atoms with van der Waals surface area (Å²) in [6.07, 6.45) is 5.60. The third kappa shape index (κ3) is 2.51. The lowest BCUT2D eigenvalue weighted by atomic mass is 9.68. The van der Waals surface area contributed by atoms with E-state index >= 15 is 0 Å². The minimum atomic E-state index is -1.42. The van der Waals surface area contributed by atoms with Gasteiger partial charge in [-0.05, 0) is 44.0 Å². The molecule has 0 saturated carbocycles. The number of carbonyl (C=O) groups is 1. The standard InChI is InChI=1S/C26H22N6O/c1-5-12-31-20-9-7-6-8-18(20)26(25(31)33)19(14-27)23(28)29-24-22(26)17(4)30-32(24)21-13-15(2)10-11-16(21)3/h1,6-11,13,29H,12,28H2,2-4H3. The number of fused-ring (bicyclic) bond motifs is 4. The quantitative estimate of drug-likeness (QED) is 0.604. The number of hydrogen-bond donors (Lipinski definition) is 2. The Morgan fingerprint density at radius 1 is 1.18 bits per heavy atom. The van der Waals surface area contributed by atoms with Gasteiger partial charge in [-0.1, -0.05) is 36.3 Å². The lowest BCUT2D eigenvalue weighted by molar-refractivity contribution is -0.120. The van der Waals surface area contributed by atoms with Crippen LogP contribution in [0, 0.1) is 44.4 Å². The average molecular weight is 435 g/mol. The first-order valence-electron chi connectivity index (χ1n) is 10.6. The molecule has 1 amide bonds. The molecule has 1 unspecified atom stereocenters. The van der Waals surface area contributed by atoms with Gasteiger partial charge in [-0.2, -0.15) is 10.4 Å². The summed E-state index contributed by atoms with van der Waals surface area (Å²) in [4.78, 5) is 15.7. The SMILES string of the molecule is C#CCN1C(=O)C2(C(C#N)=C(N)Nc3c2c(C)nn3-c2cc(C)ccc2C)c2ccccc21. The highest BCUT2D eigenvalue weighted by molar-refractivity contribution is 6.15. The lowest BCUT2D eigenvalue weighted by Crippen LogP contribution is -2.46. The van der Waals surface area contributed by atoms with Crippen LogP contribution in [0.5, 0.6) is 0 Å². The highest BCUT2D eigenvalue weighted by Crippen LogP contribution is 2.55. The van der Waals surface area contributed by atoms with E-state index in [0.717, 1.165) is 16.8 Å². The zero-order valence-electron chi connectivity index (χ0n) is 18.6. The van der Waals surface area contributed by atoms with Crippen LogP contribution in [-0.2, 0) is 10.2 Å². The fourth-order valence-corrected chi connectivity index (χ4v) is 5.06. The number of carbonyl (C=O) groups excluding carboxylic acids is 1. The number of anilines is 2. The topological polar surface area (TPSA) is 100.0 Å². The fourth-order valence-electron chi connectivity index (χ4n) is 5.06. The summed E-state index contributed by atoms with van der Waals surface area (Å²) in [5.41, 5.74) is 10.7. The second-order valence-electron chi connectivity index (χ2n) is 8.40. The molecular formula is C26H22N6O. The minimum Gasteiger partial charge on any atom is -0.384 e. The molecule has 1 aromatic heterocycles. The van der Waals surface area contributed by atoms with Crippen molar-refractivity contribution in [3.63, 3.8) is 0 Å². The zero-order valence-corrected chi connectivity index (χ0v) is 18.6. The van der Waals surface area contributed by atoms with Gasteiger partial charge in [0, 0.05) is 16.8 Å². The van der Waals surface area contributed by atoms with Gasteiger partial charge < -0.3 is 11.1 Å². The molecule has 2 aromatic carbocycles. The van der Waals surface area contributed by atoms with Gasteiger partial charge in [0.1, 0.15) is 23.1 Å². The van der Waals surface area contributed by atoms with Gasteiger partial charge in [0.05, 0.1) is 23.5 Å². The second-order valence-corrected chi connectivity index (χ2v) is 8.40. The predicted molar refractivity (Wildman–Crippen MR) is 127 cm³/mol. The van der Waals surface area contributed by atoms with Crippen LogP contribution in [0.15, 0.2) is 53.9 Å². The second kappa shape index (κ2) is 7.01. The first-order valence-corrected chi connectivity index (χ1v) is 10.6. The number of nitrogens with two attached hydrogens (primary N) is 1. The summed E-state index contributed by atoms with van der Waals surface area (Å²) in [7, 11) is 0. The smallest absolute Gasteiger partial charge is 0.248 e. The van der Waals surface area contributed by atoms with Gasteiger partial charge in [0.15, 0.2) is 0 Å². The van der Waals surface area contributed by atoms with E-state index < -0.39 is 5.41 Å². The molecule has 33 heavy (non-hydrogen) atoms. The molecule has 0 radical (unpaired) electrons. The molecule has 3 aromatic rings. The Balaban J connectivity index is 1.90. The molecule has 162 valence electrons. The summed E-state index contributed by atoms with van der Waals surface area (Å²) < 4.78 is 1.77. The van der Waals surface area contributed by atoms with Crippen LogP contribution in [0.2, 0.25) is 0 Å². The van der Waals surface area contributed by atoms with Crippen LogP contribution in [0.3, 0.4) is 0 Å². The number of benzene rings is 2. The van der Waals surface area contributed by atoms with Crippen molar-refractivity contribution in [2.75, 3.05) is 16.8 Å². The zero-order chi connectivity index (χ0) is 23.5. The fraction of sp³-hybridized carbons (Fsp3) is 0.192. The molecule has 7 nitrogen and oxygen atoms in total. The molecule has 7 heteroatoms. The molecule has 5 rings (SSSR count). The van der Waals surface area contributed by atoms with Crippen molar-refractivity contribution in [2.45, 2.75) is 26.2 Å². The molecular weight excluding hydrogens is 412 g/mol. The Bertz CT molecular complexity index is 1460. The van der Waals surface area contributed by atoms with E-state index in [0.29, 0.717) is 28.3 Å². The average Bonchev–Trinajstić information content (AvgIpc) is 3.24. The third-order valence-corrected chi connectivity index (χ3v) is 6.45. The maximum Gasteiger partial charge on any atom is 0.248 e. The maximum atomic E-state index is 14.2. The van der Waals surface area contributed by atoms with Crippen molar-refractivity contribution in [2.24, 2.45) is 5.73 Å².